The molecule has 42 heavy (non-hydrogen) atoms. The number of piperazine rings is 1. The summed E-state index contributed by atoms with van der Waals surface area (Å²) in [5.41, 5.74) is 1.67. The third-order valence-corrected chi connectivity index (χ3v) is 8.79. The molecule has 9 nitrogen and oxygen atoms in total. The number of aliphatic hydroxyl groups excluding tert-OH is 2. The van der Waals surface area contributed by atoms with Crippen molar-refractivity contribution in [2.45, 2.75) is 32.4 Å². The summed E-state index contributed by atoms with van der Waals surface area (Å²) in [6.45, 7) is 5.16. The van der Waals surface area contributed by atoms with Crippen LogP contribution in [0.4, 0.5) is 5.69 Å². The first-order chi connectivity index (χ1) is 20.6. The summed E-state index contributed by atoms with van der Waals surface area (Å²) in [6, 6.07) is 17.5. The molecule has 4 aromatic rings. The predicted molar refractivity (Wildman–Crippen MR) is 166 cm³/mol. The number of fused-ring (bicyclic) bond motifs is 2. The molecule has 3 heterocycles. The third-order valence-electron chi connectivity index (χ3n) is 7.91. The summed E-state index contributed by atoms with van der Waals surface area (Å²) in [5.74, 6) is -0.506. The van der Waals surface area contributed by atoms with E-state index < -0.39 is 11.9 Å². The highest BCUT2D eigenvalue weighted by atomic mass is 32.1. The number of esters is 1. The number of pyridine rings is 1. The van der Waals surface area contributed by atoms with Crippen LogP contribution in [0.1, 0.15) is 25.7 Å². The molecule has 0 aliphatic carbocycles. The van der Waals surface area contributed by atoms with Gasteiger partial charge in [0.2, 0.25) is 0 Å². The average molecular weight is 594 g/mol. The molecule has 224 valence electrons. The zero-order chi connectivity index (χ0) is 29.3. The number of aliphatic hydroxyl groups is 2. The second-order valence-corrected chi connectivity index (χ2v) is 11.6. The number of benzene rings is 2. The molecule has 0 spiro atoms. The van der Waals surface area contributed by atoms with Gasteiger partial charge in [-0.25, -0.2) is 0 Å². The van der Waals surface area contributed by atoms with Gasteiger partial charge in [-0.05, 0) is 79.4 Å². The second kappa shape index (κ2) is 14.6. The lowest BCUT2D eigenvalue weighted by molar-refractivity contribution is -0.153. The number of hydrogen-bond acceptors (Lipinski definition) is 9. The molecule has 0 amide bonds. The normalized spacial score (nSPS) is 14.2. The summed E-state index contributed by atoms with van der Waals surface area (Å²) < 4.78 is 14.2. The van der Waals surface area contributed by atoms with E-state index in [4.69, 9.17) is 9.47 Å². The molecule has 1 aliphatic rings. The van der Waals surface area contributed by atoms with Gasteiger partial charge in [-0.2, -0.15) is 0 Å². The van der Waals surface area contributed by atoms with Crippen LogP contribution < -0.4 is 15.2 Å². The van der Waals surface area contributed by atoms with Gasteiger partial charge in [0.15, 0.2) is 6.73 Å². The van der Waals surface area contributed by atoms with Crippen molar-refractivity contribution in [2.75, 3.05) is 57.4 Å². The fourth-order valence-corrected chi connectivity index (χ4v) is 6.33. The van der Waals surface area contributed by atoms with Crippen molar-refractivity contribution < 1.29 is 24.5 Å². The van der Waals surface area contributed by atoms with E-state index in [2.05, 4.69) is 39.4 Å². The van der Waals surface area contributed by atoms with Gasteiger partial charge in [0.05, 0.1) is 18.0 Å². The number of hydrogen-bond donors (Lipinski definition) is 2. The molecule has 1 aliphatic heterocycles. The van der Waals surface area contributed by atoms with E-state index in [1.807, 2.05) is 12.1 Å². The van der Waals surface area contributed by atoms with Gasteiger partial charge >= 0.3 is 5.97 Å². The standard InChI is InChI=1S/C32H39N3O6S/c36-18-10-25(11-19-37)32(39)41-23-35-29-22-26(8-6-24(29)7-9-31(35)38)40-20-2-1-13-33-14-16-34(17-15-33)28-4-3-5-30-27(28)12-21-42-30/h3-9,12,21-22,25,36-37H,1-2,10-11,13-20,23H2. The topological polar surface area (TPSA) is 104 Å². The lowest BCUT2D eigenvalue weighted by Gasteiger charge is -2.36. The van der Waals surface area contributed by atoms with Crippen molar-refractivity contribution in [2.24, 2.45) is 5.92 Å². The molecule has 2 aromatic carbocycles. The SMILES string of the molecule is O=C(OCn1c(=O)ccc2ccc(OCCCCN3CCN(c4cccc5sccc45)CC3)cc21)C(CCO)CCO. The predicted octanol–water partition coefficient (Wildman–Crippen LogP) is 4.08. The van der Waals surface area contributed by atoms with Crippen LogP contribution in [0.25, 0.3) is 21.0 Å². The monoisotopic (exact) mass is 593 g/mol. The highest BCUT2D eigenvalue weighted by Gasteiger charge is 2.20. The number of nitrogens with zero attached hydrogens (tertiary/aromatic N) is 3. The molecule has 2 aromatic heterocycles. The van der Waals surface area contributed by atoms with E-state index in [9.17, 15) is 19.8 Å². The Morgan fingerprint density at radius 1 is 0.952 bits per heavy atom. The highest BCUT2D eigenvalue weighted by molar-refractivity contribution is 7.17. The van der Waals surface area contributed by atoms with Crippen molar-refractivity contribution in [3.8, 4) is 5.75 Å². The first-order valence-corrected chi connectivity index (χ1v) is 15.5. The van der Waals surface area contributed by atoms with E-state index in [-0.39, 0.29) is 38.3 Å². The average Bonchev–Trinajstić information content (AvgIpc) is 3.50. The molecule has 1 fully saturated rings. The number of aromatic nitrogens is 1. The third kappa shape index (κ3) is 7.30. The fourth-order valence-electron chi connectivity index (χ4n) is 5.52. The molecule has 0 radical (unpaired) electrons. The van der Waals surface area contributed by atoms with Crippen LogP contribution in [-0.4, -0.2) is 78.2 Å². The Bertz CT molecular complexity index is 1520. The van der Waals surface area contributed by atoms with Gasteiger partial charge in [-0.15, -0.1) is 11.3 Å². The van der Waals surface area contributed by atoms with Gasteiger partial charge in [-0.1, -0.05) is 6.07 Å². The molecular formula is C32H39N3O6S. The number of rotatable bonds is 14. The molecule has 1 saturated heterocycles. The Morgan fingerprint density at radius 3 is 2.52 bits per heavy atom. The van der Waals surface area contributed by atoms with E-state index in [1.54, 1.807) is 23.5 Å². The largest absolute Gasteiger partial charge is 0.494 e. The number of ether oxygens (including phenoxy) is 2. The molecule has 0 unspecified atom stereocenters. The minimum absolute atomic E-state index is 0.182. The summed E-state index contributed by atoms with van der Waals surface area (Å²) in [4.78, 5) is 30.1. The van der Waals surface area contributed by atoms with Crippen LogP contribution >= 0.6 is 11.3 Å². The second-order valence-electron chi connectivity index (χ2n) is 10.6. The molecule has 2 N–H and O–H groups in total. The molecule has 10 heteroatoms. The van der Waals surface area contributed by atoms with Crippen molar-refractivity contribution in [1.29, 1.82) is 0 Å². The Hall–Kier alpha value is -3.44. The smallest absolute Gasteiger partial charge is 0.310 e. The maximum absolute atomic E-state index is 12.6. The molecular weight excluding hydrogens is 554 g/mol. The van der Waals surface area contributed by atoms with Crippen LogP contribution in [0.2, 0.25) is 0 Å². The maximum atomic E-state index is 12.6. The summed E-state index contributed by atoms with van der Waals surface area (Å²) in [5, 5.41) is 22.7. The van der Waals surface area contributed by atoms with Gasteiger partial charge < -0.3 is 24.6 Å². The summed E-state index contributed by atoms with van der Waals surface area (Å²) in [6.07, 6.45) is 2.36. The number of carbonyl (C=O) groups is 1. The first-order valence-electron chi connectivity index (χ1n) is 14.7. The van der Waals surface area contributed by atoms with E-state index in [1.165, 1.54) is 26.4 Å². The minimum atomic E-state index is -0.616. The number of thiophene rings is 1. The van der Waals surface area contributed by atoms with Gasteiger partial charge in [-0.3, -0.25) is 19.1 Å². The van der Waals surface area contributed by atoms with Crippen molar-refractivity contribution in [3.63, 3.8) is 0 Å². The zero-order valence-electron chi connectivity index (χ0n) is 23.8. The van der Waals surface area contributed by atoms with Crippen LogP contribution in [0.3, 0.4) is 0 Å². The quantitative estimate of drug-likeness (QED) is 0.167. The van der Waals surface area contributed by atoms with E-state index in [0.29, 0.717) is 17.9 Å². The highest BCUT2D eigenvalue weighted by Crippen LogP contribution is 2.31. The zero-order valence-corrected chi connectivity index (χ0v) is 24.6. The maximum Gasteiger partial charge on any atom is 0.310 e. The summed E-state index contributed by atoms with van der Waals surface area (Å²) >= 11 is 1.79. The van der Waals surface area contributed by atoms with Crippen LogP contribution in [0, 0.1) is 5.92 Å². The Kier molecular flexibility index (Phi) is 10.5. The lowest BCUT2D eigenvalue weighted by atomic mass is 10.0. The molecule has 5 rings (SSSR count). The van der Waals surface area contributed by atoms with Crippen molar-refractivity contribution in [1.82, 2.24) is 9.47 Å². The van der Waals surface area contributed by atoms with E-state index in [0.717, 1.165) is 51.0 Å². The van der Waals surface area contributed by atoms with Crippen molar-refractivity contribution in [3.05, 3.63) is 70.3 Å². The molecule has 0 saturated carbocycles. The van der Waals surface area contributed by atoms with E-state index >= 15 is 0 Å². The summed E-state index contributed by atoms with van der Waals surface area (Å²) in [7, 11) is 0. The first kappa shape index (κ1) is 30.0. The molecule has 0 bridgehead atoms. The number of unbranched alkanes of at least 4 members (excludes halogenated alkanes) is 1. The lowest BCUT2D eigenvalue weighted by Crippen LogP contribution is -2.46. The van der Waals surface area contributed by atoms with Crippen molar-refractivity contribution >= 4 is 44.0 Å². The Balaban J connectivity index is 1.09. The Labute approximate surface area is 249 Å². The number of carbonyl (C=O) groups excluding carboxylic acids is 1. The fraction of sp³-hybridized carbons (Fsp3) is 0.438. The van der Waals surface area contributed by atoms with Gasteiger partial charge in [0, 0.05) is 67.3 Å². The van der Waals surface area contributed by atoms with Gasteiger partial charge in [0.1, 0.15) is 5.75 Å². The Morgan fingerprint density at radius 2 is 1.74 bits per heavy atom. The number of anilines is 1. The van der Waals surface area contributed by atoms with Crippen LogP contribution in [0.15, 0.2) is 64.8 Å². The minimum Gasteiger partial charge on any atom is -0.494 e. The molecule has 0 atom stereocenters. The van der Waals surface area contributed by atoms with Gasteiger partial charge in [0.25, 0.3) is 5.56 Å². The van der Waals surface area contributed by atoms with Crippen LogP contribution in [-0.2, 0) is 16.3 Å². The van der Waals surface area contributed by atoms with Crippen LogP contribution in [0.5, 0.6) is 5.75 Å².